The Morgan fingerprint density at radius 3 is 1.53 bits per heavy atom. The first kappa shape index (κ1) is 29.4. The Kier molecular flexibility index (Phi) is 6.28. The Morgan fingerprint density at radius 2 is 0.962 bits per heavy atom. The van der Waals surface area contributed by atoms with E-state index in [9.17, 15) is 5.26 Å². The molecule has 11 rings (SSSR count). The van der Waals surface area contributed by atoms with Crippen LogP contribution in [0.3, 0.4) is 0 Å². The van der Waals surface area contributed by atoms with E-state index >= 15 is 0 Å². The second-order valence-electron chi connectivity index (χ2n) is 13.6. The predicted molar refractivity (Wildman–Crippen MR) is 217 cm³/mol. The Labute approximate surface area is 304 Å². The number of nitrogens with zero attached hydrogens (tertiary/aromatic N) is 5. The zero-order valence-corrected chi connectivity index (χ0v) is 28.5. The highest BCUT2D eigenvalue weighted by atomic mass is 15.3. The Balaban J connectivity index is 1.17. The second-order valence-corrected chi connectivity index (χ2v) is 13.6. The van der Waals surface area contributed by atoms with E-state index in [1.165, 1.54) is 32.6 Å². The molecule has 0 aliphatic carbocycles. The number of hydrogen-bond acceptors (Lipinski definition) is 3. The van der Waals surface area contributed by atoms with Gasteiger partial charge in [-0.1, -0.05) is 91.0 Å². The second kappa shape index (κ2) is 11.3. The number of aromatic nitrogens is 3. The van der Waals surface area contributed by atoms with Crippen LogP contribution in [0.2, 0.25) is 0 Å². The van der Waals surface area contributed by atoms with E-state index in [4.69, 9.17) is 4.99 Å². The maximum absolute atomic E-state index is 9.55. The van der Waals surface area contributed by atoms with Gasteiger partial charge in [0.15, 0.2) is 0 Å². The lowest BCUT2D eigenvalue weighted by Crippen LogP contribution is -2.35. The van der Waals surface area contributed by atoms with Gasteiger partial charge in [0.25, 0.3) is 0 Å². The molecule has 0 amide bonds. The molecule has 1 N–H and O–H groups in total. The molecule has 1 atom stereocenters. The summed E-state index contributed by atoms with van der Waals surface area (Å²) in [5.41, 5.74) is 9.44. The summed E-state index contributed by atoms with van der Waals surface area (Å²) >= 11 is 0. The minimum Gasteiger partial charge on any atom is -0.346 e. The number of nitriles is 1. The minimum absolute atomic E-state index is 0.258. The van der Waals surface area contributed by atoms with Crippen LogP contribution in [-0.2, 0) is 0 Å². The summed E-state index contributed by atoms with van der Waals surface area (Å²) in [5.74, 6) is 1.57. The maximum atomic E-state index is 9.55. The highest BCUT2D eigenvalue weighted by Crippen LogP contribution is 2.39. The van der Waals surface area contributed by atoms with E-state index in [2.05, 4.69) is 171 Å². The molecule has 1 aliphatic heterocycles. The summed E-state index contributed by atoms with van der Waals surface area (Å²) in [6, 6.07) is 59.7. The van der Waals surface area contributed by atoms with Gasteiger partial charge in [-0.05, 0) is 72.8 Å². The van der Waals surface area contributed by atoms with Gasteiger partial charge in [0.1, 0.15) is 17.8 Å². The van der Waals surface area contributed by atoms with Gasteiger partial charge in [0.2, 0.25) is 0 Å². The van der Waals surface area contributed by atoms with Crippen LogP contribution in [0.1, 0.15) is 17.3 Å². The van der Waals surface area contributed by atoms with E-state index in [-0.39, 0.29) is 6.17 Å². The van der Waals surface area contributed by atoms with Gasteiger partial charge in [0.05, 0.1) is 44.7 Å². The quantitative estimate of drug-likeness (QED) is 0.201. The normalized spacial score (nSPS) is 14.6. The number of nitrogens with one attached hydrogen (secondary N) is 1. The molecule has 53 heavy (non-hydrogen) atoms. The van der Waals surface area contributed by atoms with Gasteiger partial charge in [0, 0.05) is 49.6 Å². The first-order valence-electron chi connectivity index (χ1n) is 17.8. The van der Waals surface area contributed by atoms with Crippen molar-refractivity contribution in [1.82, 2.24) is 19.0 Å². The third-order valence-corrected chi connectivity index (χ3v) is 10.7. The highest BCUT2D eigenvalue weighted by Gasteiger charge is 2.25. The number of amidine groups is 1. The van der Waals surface area contributed by atoms with Crippen LogP contribution in [0, 0.1) is 11.3 Å². The summed E-state index contributed by atoms with van der Waals surface area (Å²) in [6.45, 7) is 0. The molecule has 6 nitrogen and oxygen atoms in total. The van der Waals surface area contributed by atoms with Crippen molar-refractivity contribution in [2.75, 3.05) is 0 Å². The van der Waals surface area contributed by atoms with Gasteiger partial charge in [-0.25, -0.2) is 4.99 Å². The molecule has 0 saturated heterocycles. The highest BCUT2D eigenvalue weighted by molar-refractivity contribution is 6.14. The van der Waals surface area contributed by atoms with Crippen LogP contribution >= 0.6 is 0 Å². The summed E-state index contributed by atoms with van der Waals surface area (Å²) in [6.07, 6.45) is 1.98. The molecule has 0 spiro atoms. The molecular formula is C47H30N6. The first-order chi connectivity index (χ1) is 26.2. The lowest BCUT2D eigenvalue weighted by molar-refractivity contribution is 0.597. The van der Waals surface area contributed by atoms with Crippen molar-refractivity contribution in [3.8, 4) is 11.8 Å². The average Bonchev–Trinajstić information content (AvgIpc) is 3.86. The van der Waals surface area contributed by atoms with Crippen LogP contribution in [0.4, 0.5) is 0 Å². The first-order valence-corrected chi connectivity index (χ1v) is 17.8. The summed E-state index contributed by atoms with van der Waals surface area (Å²) < 4.78 is 7.04. The fourth-order valence-corrected chi connectivity index (χ4v) is 8.42. The van der Waals surface area contributed by atoms with Crippen molar-refractivity contribution in [2.24, 2.45) is 4.99 Å². The third kappa shape index (κ3) is 4.35. The summed E-state index contributed by atoms with van der Waals surface area (Å²) in [5, 5.41) is 20.5. The molecule has 1 unspecified atom stereocenters. The van der Waals surface area contributed by atoms with E-state index in [1.54, 1.807) is 0 Å². The van der Waals surface area contributed by atoms with E-state index in [0.717, 1.165) is 55.7 Å². The van der Waals surface area contributed by atoms with Gasteiger partial charge < -0.3 is 14.5 Å². The molecule has 0 saturated carbocycles. The molecule has 6 heteroatoms. The number of benzene rings is 7. The molecule has 4 heterocycles. The number of aliphatic imine (C=N–C) groups is 1. The molecule has 3 aromatic heterocycles. The van der Waals surface area contributed by atoms with Crippen LogP contribution < -0.4 is 5.32 Å². The van der Waals surface area contributed by atoms with Gasteiger partial charge in [-0.2, -0.15) is 5.26 Å². The van der Waals surface area contributed by atoms with Gasteiger partial charge >= 0.3 is 0 Å². The minimum atomic E-state index is -0.258. The monoisotopic (exact) mass is 678 g/mol. The fourth-order valence-electron chi connectivity index (χ4n) is 8.42. The van der Waals surface area contributed by atoms with Crippen LogP contribution in [0.5, 0.6) is 0 Å². The lowest BCUT2D eigenvalue weighted by Gasteiger charge is -2.27. The zero-order valence-electron chi connectivity index (χ0n) is 28.5. The molecule has 10 aromatic rings. The topological polar surface area (TPSA) is 63.0 Å². The predicted octanol–water partition coefficient (Wildman–Crippen LogP) is 10.9. The van der Waals surface area contributed by atoms with Crippen molar-refractivity contribution in [3.05, 3.63) is 181 Å². The van der Waals surface area contributed by atoms with E-state index in [1.807, 2.05) is 24.3 Å². The molecule has 0 radical (unpaired) electrons. The Morgan fingerprint density at radius 1 is 0.491 bits per heavy atom. The largest absolute Gasteiger partial charge is 0.346 e. The fraction of sp³-hybridized carbons (Fsp3) is 0.0213. The van der Waals surface area contributed by atoms with Crippen molar-refractivity contribution < 1.29 is 0 Å². The van der Waals surface area contributed by atoms with Crippen molar-refractivity contribution in [3.63, 3.8) is 0 Å². The molecule has 248 valence electrons. The number of hydrogen-bond donors (Lipinski definition) is 1. The molecule has 1 aliphatic rings. The Hall–Kier alpha value is -7.36. The SMILES string of the molecule is N#Cc1ccc(C2=NC(n3c4ccccc4c4cc(-n5c6ccccc6c6ccccc65)ccc43)=CC(n3c4ccccc4c4ccccc43)N2)cc1. The van der Waals surface area contributed by atoms with E-state index in [0.29, 0.717) is 5.56 Å². The average molecular weight is 679 g/mol. The zero-order chi connectivity index (χ0) is 35.0. The van der Waals surface area contributed by atoms with Crippen LogP contribution in [0.15, 0.2) is 175 Å². The summed E-state index contributed by atoms with van der Waals surface area (Å²) in [4.78, 5) is 5.35. The lowest BCUT2D eigenvalue weighted by atomic mass is 10.1. The molecule has 0 fully saturated rings. The number of fused-ring (bicyclic) bond motifs is 9. The summed E-state index contributed by atoms with van der Waals surface area (Å²) in [7, 11) is 0. The number of rotatable bonds is 4. The van der Waals surface area contributed by atoms with E-state index < -0.39 is 0 Å². The number of para-hydroxylation sites is 5. The van der Waals surface area contributed by atoms with Crippen LogP contribution in [0.25, 0.3) is 76.9 Å². The van der Waals surface area contributed by atoms with Crippen molar-refractivity contribution >= 4 is 77.1 Å². The molecule has 0 bridgehead atoms. The molecule has 7 aromatic carbocycles. The van der Waals surface area contributed by atoms with Crippen LogP contribution in [-0.4, -0.2) is 19.5 Å². The maximum Gasteiger partial charge on any atom is 0.139 e. The molecular weight excluding hydrogens is 649 g/mol. The van der Waals surface area contributed by atoms with Crippen molar-refractivity contribution in [2.45, 2.75) is 6.17 Å². The third-order valence-electron chi connectivity index (χ3n) is 10.7. The van der Waals surface area contributed by atoms with Crippen molar-refractivity contribution in [1.29, 1.82) is 5.26 Å². The smallest absolute Gasteiger partial charge is 0.139 e. The standard InChI is InChI=1S/C47H30N6/c48-29-30-21-23-31(24-22-30)47-49-45(52-41-18-8-3-13-35(41)36-14-4-9-19-42(36)52)28-46(50-47)53-43-20-10-5-15-37(43)38-27-32(25-26-44(38)53)51-39-16-6-1-11-33(39)34-12-2-7-17-40(34)51/h1-28,45H,(H,49,50). The van der Waals surface area contributed by atoms with Gasteiger partial charge in [-0.15, -0.1) is 0 Å². The Bertz CT molecular complexity index is 3110. The van der Waals surface area contributed by atoms with Gasteiger partial charge in [-0.3, -0.25) is 4.57 Å².